The predicted molar refractivity (Wildman–Crippen MR) is 34.3 cm³/mol. The standard InChI is InChI=1S/C7H5FO3/c8-7-10-5-3-1-2-4(9)6(5)11-7/h1-3,7,9H. The van der Waals surface area contributed by atoms with Gasteiger partial charge in [-0.05, 0) is 12.1 Å². The first kappa shape index (κ1) is 6.27. The van der Waals surface area contributed by atoms with Crippen molar-refractivity contribution in [3.05, 3.63) is 18.2 Å². The summed E-state index contributed by atoms with van der Waals surface area (Å²) in [6.07, 6.45) is 0. The molecule has 3 nitrogen and oxygen atoms in total. The highest BCUT2D eigenvalue weighted by molar-refractivity contribution is 5.51. The van der Waals surface area contributed by atoms with Gasteiger partial charge in [0.1, 0.15) is 0 Å². The Bertz CT molecular complexity index is 287. The fourth-order valence-corrected chi connectivity index (χ4v) is 0.932. The molecule has 4 heteroatoms. The SMILES string of the molecule is Oc1cccc2c1OC(F)O2. The van der Waals surface area contributed by atoms with Gasteiger partial charge < -0.3 is 14.6 Å². The van der Waals surface area contributed by atoms with E-state index >= 15 is 0 Å². The molecule has 1 N–H and O–H groups in total. The highest BCUT2D eigenvalue weighted by Gasteiger charge is 2.25. The summed E-state index contributed by atoms with van der Waals surface area (Å²) in [7, 11) is 0. The van der Waals surface area contributed by atoms with Gasteiger partial charge in [0, 0.05) is 0 Å². The minimum atomic E-state index is -1.79. The van der Waals surface area contributed by atoms with Crippen LogP contribution in [0.1, 0.15) is 0 Å². The Kier molecular flexibility index (Phi) is 1.15. The van der Waals surface area contributed by atoms with E-state index in [1.807, 2.05) is 0 Å². The zero-order chi connectivity index (χ0) is 7.84. The maximum absolute atomic E-state index is 12.3. The van der Waals surface area contributed by atoms with Gasteiger partial charge in [0.05, 0.1) is 0 Å². The van der Waals surface area contributed by atoms with Crippen LogP contribution in [0.2, 0.25) is 0 Å². The van der Waals surface area contributed by atoms with Crippen molar-refractivity contribution in [3.8, 4) is 17.2 Å². The molecular weight excluding hydrogens is 151 g/mol. The van der Waals surface area contributed by atoms with Crippen LogP contribution in [0.4, 0.5) is 4.39 Å². The minimum Gasteiger partial charge on any atom is -0.504 e. The van der Waals surface area contributed by atoms with Crippen molar-refractivity contribution < 1.29 is 19.0 Å². The molecule has 0 saturated heterocycles. The minimum absolute atomic E-state index is 0.0694. The summed E-state index contributed by atoms with van der Waals surface area (Å²) in [6, 6.07) is 4.48. The Morgan fingerprint density at radius 3 is 2.91 bits per heavy atom. The van der Waals surface area contributed by atoms with Gasteiger partial charge in [-0.2, -0.15) is 4.39 Å². The van der Waals surface area contributed by atoms with Gasteiger partial charge in [0.2, 0.25) is 5.75 Å². The monoisotopic (exact) mass is 156 g/mol. The van der Waals surface area contributed by atoms with Crippen molar-refractivity contribution in [1.29, 1.82) is 0 Å². The summed E-state index contributed by atoms with van der Waals surface area (Å²) in [5, 5.41) is 9.08. The van der Waals surface area contributed by atoms with Crippen LogP contribution in [-0.2, 0) is 0 Å². The lowest BCUT2D eigenvalue weighted by atomic mass is 10.3. The van der Waals surface area contributed by atoms with Gasteiger partial charge >= 0.3 is 6.54 Å². The Balaban J connectivity index is 2.49. The lowest BCUT2D eigenvalue weighted by molar-refractivity contribution is -0.0658. The highest BCUT2D eigenvalue weighted by atomic mass is 19.2. The third-order valence-electron chi connectivity index (χ3n) is 1.39. The van der Waals surface area contributed by atoms with Gasteiger partial charge in [0.25, 0.3) is 0 Å². The van der Waals surface area contributed by atoms with Crippen LogP contribution in [-0.4, -0.2) is 11.7 Å². The molecule has 0 amide bonds. The molecule has 0 radical (unpaired) electrons. The Morgan fingerprint density at radius 2 is 2.18 bits per heavy atom. The number of rotatable bonds is 0. The number of phenolic OH excluding ortho intramolecular Hbond substituents is 1. The van der Waals surface area contributed by atoms with Gasteiger partial charge in [-0.15, -0.1) is 0 Å². The summed E-state index contributed by atoms with van der Waals surface area (Å²) in [4.78, 5) is 0. The Morgan fingerprint density at radius 1 is 1.36 bits per heavy atom. The number of alkyl halides is 1. The smallest absolute Gasteiger partial charge is 0.397 e. The molecule has 1 aliphatic heterocycles. The first-order valence-electron chi connectivity index (χ1n) is 3.07. The van der Waals surface area contributed by atoms with Crippen molar-refractivity contribution in [1.82, 2.24) is 0 Å². The van der Waals surface area contributed by atoms with E-state index in [1.54, 1.807) is 6.07 Å². The molecule has 0 aromatic heterocycles. The molecule has 58 valence electrons. The topological polar surface area (TPSA) is 38.7 Å². The molecule has 2 rings (SSSR count). The molecular formula is C7H5FO3. The van der Waals surface area contributed by atoms with E-state index in [0.29, 0.717) is 0 Å². The Hall–Kier alpha value is -1.45. The van der Waals surface area contributed by atoms with E-state index in [9.17, 15) is 4.39 Å². The third-order valence-corrected chi connectivity index (χ3v) is 1.39. The van der Waals surface area contributed by atoms with Crippen LogP contribution >= 0.6 is 0 Å². The number of para-hydroxylation sites is 1. The van der Waals surface area contributed by atoms with E-state index in [-0.39, 0.29) is 17.2 Å². The molecule has 1 aromatic carbocycles. The Labute approximate surface area is 62.0 Å². The molecule has 0 fully saturated rings. The number of phenols is 1. The predicted octanol–water partition coefficient (Wildman–Crippen LogP) is 1.42. The van der Waals surface area contributed by atoms with Crippen LogP contribution in [0, 0.1) is 0 Å². The zero-order valence-corrected chi connectivity index (χ0v) is 5.45. The third kappa shape index (κ3) is 0.869. The number of ether oxygens (including phenoxy) is 2. The average molecular weight is 156 g/mol. The molecule has 11 heavy (non-hydrogen) atoms. The van der Waals surface area contributed by atoms with E-state index in [1.165, 1.54) is 12.1 Å². The van der Waals surface area contributed by atoms with Crippen molar-refractivity contribution in [3.63, 3.8) is 0 Å². The van der Waals surface area contributed by atoms with E-state index in [2.05, 4.69) is 9.47 Å². The van der Waals surface area contributed by atoms with E-state index in [0.717, 1.165) is 0 Å². The molecule has 1 aliphatic rings. The zero-order valence-electron chi connectivity index (χ0n) is 5.45. The second kappa shape index (κ2) is 2.02. The van der Waals surface area contributed by atoms with Gasteiger partial charge in [-0.1, -0.05) is 6.07 Å². The maximum atomic E-state index is 12.3. The molecule has 1 unspecified atom stereocenters. The van der Waals surface area contributed by atoms with Crippen LogP contribution in [0.3, 0.4) is 0 Å². The number of fused-ring (bicyclic) bond motifs is 1. The summed E-state index contributed by atoms with van der Waals surface area (Å²) < 4.78 is 21.4. The largest absolute Gasteiger partial charge is 0.504 e. The van der Waals surface area contributed by atoms with Gasteiger partial charge in [-0.3, -0.25) is 0 Å². The molecule has 0 spiro atoms. The summed E-state index contributed by atoms with van der Waals surface area (Å²) in [5.74, 6) is 0.195. The summed E-state index contributed by atoms with van der Waals surface area (Å²) in [6.45, 7) is -1.79. The van der Waals surface area contributed by atoms with Crippen LogP contribution in [0.5, 0.6) is 17.2 Å². The van der Waals surface area contributed by atoms with Crippen molar-refractivity contribution in [2.45, 2.75) is 6.54 Å². The molecule has 1 aromatic rings. The first-order valence-corrected chi connectivity index (χ1v) is 3.07. The quantitative estimate of drug-likeness (QED) is 0.617. The molecule has 0 saturated carbocycles. The number of hydrogen-bond acceptors (Lipinski definition) is 3. The van der Waals surface area contributed by atoms with Crippen LogP contribution in [0.25, 0.3) is 0 Å². The molecule has 0 aliphatic carbocycles. The number of aromatic hydroxyl groups is 1. The van der Waals surface area contributed by atoms with Crippen LogP contribution < -0.4 is 9.47 Å². The van der Waals surface area contributed by atoms with Crippen LogP contribution in [0.15, 0.2) is 18.2 Å². The summed E-state index contributed by atoms with van der Waals surface area (Å²) >= 11 is 0. The number of benzene rings is 1. The fraction of sp³-hybridized carbons (Fsp3) is 0.143. The normalized spacial score (nSPS) is 20.3. The fourth-order valence-electron chi connectivity index (χ4n) is 0.932. The maximum Gasteiger partial charge on any atom is 0.397 e. The van der Waals surface area contributed by atoms with Gasteiger partial charge in [0.15, 0.2) is 11.5 Å². The average Bonchev–Trinajstić information content (AvgIpc) is 2.31. The lowest BCUT2D eigenvalue weighted by Gasteiger charge is -1.96. The number of hydrogen-bond donors (Lipinski definition) is 1. The summed E-state index contributed by atoms with van der Waals surface area (Å²) in [5.41, 5.74) is 0. The molecule has 1 heterocycles. The molecule has 0 bridgehead atoms. The van der Waals surface area contributed by atoms with E-state index < -0.39 is 6.54 Å². The first-order chi connectivity index (χ1) is 5.27. The van der Waals surface area contributed by atoms with Crippen molar-refractivity contribution in [2.75, 3.05) is 0 Å². The second-order valence-corrected chi connectivity index (χ2v) is 2.11. The van der Waals surface area contributed by atoms with Crippen molar-refractivity contribution in [2.24, 2.45) is 0 Å². The van der Waals surface area contributed by atoms with Crippen molar-refractivity contribution >= 4 is 0 Å². The number of halogens is 1. The van der Waals surface area contributed by atoms with E-state index in [4.69, 9.17) is 5.11 Å². The highest BCUT2D eigenvalue weighted by Crippen LogP contribution is 2.41. The van der Waals surface area contributed by atoms with Gasteiger partial charge in [-0.25, -0.2) is 0 Å². The second-order valence-electron chi connectivity index (χ2n) is 2.11. The molecule has 1 atom stereocenters. The lowest BCUT2D eigenvalue weighted by Crippen LogP contribution is -2.09.